The molecule has 1 aromatic rings. The van der Waals surface area contributed by atoms with Crippen LogP contribution in [0.1, 0.15) is 11.7 Å². The average Bonchev–Trinajstić information content (AvgIpc) is 2.16. The third-order valence-electron chi connectivity index (χ3n) is 1.79. The number of benzene rings is 1. The number of methoxy groups -OCH3 is 1. The summed E-state index contributed by atoms with van der Waals surface area (Å²) in [6.07, 6.45) is -0.625. The summed E-state index contributed by atoms with van der Waals surface area (Å²) >= 11 is 3.33. The van der Waals surface area contributed by atoms with E-state index in [2.05, 4.69) is 15.9 Å². The van der Waals surface area contributed by atoms with Gasteiger partial charge < -0.3 is 15.6 Å². The molecule has 0 unspecified atom stereocenters. The molecule has 3 N–H and O–H groups in total. The molecule has 0 saturated heterocycles. The molecule has 13 heavy (non-hydrogen) atoms. The Labute approximate surface area is 85.6 Å². The number of hydrogen-bond acceptors (Lipinski definition) is 3. The summed E-state index contributed by atoms with van der Waals surface area (Å²) in [5.74, 6) is 0.750. The van der Waals surface area contributed by atoms with E-state index in [0.717, 1.165) is 15.8 Å². The largest absolute Gasteiger partial charge is 0.497 e. The zero-order valence-electron chi connectivity index (χ0n) is 7.33. The Bertz CT molecular complexity index is 291. The van der Waals surface area contributed by atoms with E-state index in [-0.39, 0.29) is 6.54 Å². The molecule has 1 atom stereocenters. The molecule has 0 aliphatic rings. The molecule has 0 aromatic heterocycles. The van der Waals surface area contributed by atoms with Crippen LogP contribution in [-0.2, 0) is 0 Å². The lowest BCUT2D eigenvalue weighted by Gasteiger charge is -2.11. The summed E-state index contributed by atoms with van der Waals surface area (Å²) in [6.45, 7) is 0.213. The normalized spacial score (nSPS) is 12.6. The van der Waals surface area contributed by atoms with E-state index in [4.69, 9.17) is 10.5 Å². The smallest absolute Gasteiger partial charge is 0.120 e. The van der Waals surface area contributed by atoms with Crippen molar-refractivity contribution in [3.05, 3.63) is 28.2 Å². The molecule has 1 aromatic carbocycles. The highest BCUT2D eigenvalue weighted by Gasteiger charge is 2.09. The van der Waals surface area contributed by atoms with Crippen molar-refractivity contribution in [3.63, 3.8) is 0 Å². The van der Waals surface area contributed by atoms with E-state index >= 15 is 0 Å². The Kier molecular flexibility index (Phi) is 3.71. The van der Waals surface area contributed by atoms with Gasteiger partial charge in [0.25, 0.3) is 0 Å². The summed E-state index contributed by atoms with van der Waals surface area (Å²) in [5, 5.41) is 9.48. The van der Waals surface area contributed by atoms with Gasteiger partial charge in [-0.3, -0.25) is 0 Å². The van der Waals surface area contributed by atoms with Crippen LogP contribution in [0.25, 0.3) is 0 Å². The molecule has 0 bridgehead atoms. The quantitative estimate of drug-likeness (QED) is 0.848. The maximum absolute atomic E-state index is 9.48. The number of aliphatic hydroxyl groups is 1. The van der Waals surface area contributed by atoms with Gasteiger partial charge in [-0.15, -0.1) is 0 Å². The van der Waals surface area contributed by atoms with Crippen molar-refractivity contribution in [2.75, 3.05) is 13.7 Å². The van der Waals surface area contributed by atoms with Gasteiger partial charge in [-0.2, -0.15) is 0 Å². The molecule has 1 rings (SSSR count). The Morgan fingerprint density at radius 3 is 2.77 bits per heavy atom. The second-order valence-corrected chi connectivity index (χ2v) is 3.49. The molecule has 0 heterocycles. The third-order valence-corrected chi connectivity index (χ3v) is 2.48. The van der Waals surface area contributed by atoms with E-state index in [9.17, 15) is 5.11 Å². The van der Waals surface area contributed by atoms with Crippen LogP contribution in [0.15, 0.2) is 22.7 Å². The van der Waals surface area contributed by atoms with Gasteiger partial charge in [0.15, 0.2) is 0 Å². The minimum Gasteiger partial charge on any atom is -0.497 e. The number of ether oxygens (including phenoxy) is 1. The highest BCUT2D eigenvalue weighted by Crippen LogP contribution is 2.27. The average molecular weight is 246 g/mol. The fourth-order valence-electron chi connectivity index (χ4n) is 1.03. The van der Waals surface area contributed by atoms with E-state index < -0.39 is 6.10 Å². The first-order chi connectivity index (χ1) is 6.19. The zero-order valence-corrected chi connectivity index (χ0v) is 8.91. The van der Waals surface area contributed by atoms with Crippen LogP contribution in [0, 0.1) is 0 Å². The lowest BCUT2D eigenvalue weighted by Crippen LogP contribution is -2.11. The first kappa shape index (κ1) is 10.5. The molecular weight excluding hydrogens is 234 g/mol. The molecule has 4 heteroatoms. The molecular formula is C9H12BrNO2. The monoisotopic (exact) mass is 245 g/mol. The Morgan fingerprint density at radius 2 is 2.31 bits per heavy atom. The summed E-state index contributed by atoms with van der Waals surface area (Å²) in [6, 6.07) is 5.38. The Balaban J connectivity index is 2.98. The van der Waals surface area contributed by atoms with Crippen molar-refractivity contribution in [1.82, 2.24) is 0 Å². The van der Waals surface area contributed by atoms with Gasteiger partial charge in [0.05, 0.1) is 13.2 Å². The van der Waals surface area contributed by atoms with Crippen molar-refractivity contribution in [3.8, 4) is 5.75 Å². The molecule has 0 radical (unpaired) electrons. The standard InChI is InChI=1S/C9H12BrNO2/c1-13-6-2-3-7(8(10)4-6)9(12)5-11/h2-4,9,12H,5,11H2,1H3/t9-/m0/s1. The van der Waals surface area contributed by atoms with Gasteiger partial charge in [-0.05, 0) is 17.7 Å². The summed E-state index contributed by atoms with van der Waals surface area (Å²) in [5.41, 5.74) is 6.12. The zero-order chi connectivity index (χ0) is 9.84. The van der Waals surface area contributed by atoms with E-state index in [0.29, 0.717) is 0 Å². The molecule has 0 aliphatic carbocycles. The first-order valence-corrected chi connectivity index (χ1v) is 4.70. The van der Waals surface area contributed by atoms with Gasteiger partial charge in [0.2, 0.25) is 0 Å². The molecule has 0 spiro atoms. The van der Waals surface area contributed by atoms with Gasteiger partial charge >= 0.3 is 0 Å². The molecule has 0 amide bonds. The van der Waals surface area contributed by atoms with Crippen molar-refractivity contribution in [2.24, 2.45) is 5.73 Å². The fraction of sp³-hybridized carbons (Fsp3) is 0.333. The van der Waals surface area contributed by atoms with Gasteiger partial charge in [0.1, 0.15) is 5.75 Å². The van der Waals surface area contributed by atoms with Crippen molar-refractivity contribution in [2.45, 2.75) is 6.10 Å². The van der Waals surface area contributed by atoms with E-state index in [1.54, 1.807) is 25.3 Å². The molecule has 0 saturated carbocycles. The molecule has 0 aliphatic heterocycles. The summed E-state index contributed by atoms with van der Waals surface area (Å²) in [4.78, 5) is 0. The minimum atomic E-state index is -0.625. The van der Waals surface area contributed by atoms with Gasteiger partial charge in [-0.1, -0.05) is 22.0 Å². The number of halogens is 1. The fourth-order valence-corrected chi connectivity index (χ4v) is 1.65. The highest BCUT2D eigenvalue weighted by atomic mass is 79.9. The first-order valence-electron chi connectivity index (χ1n) is 3.90. The topological polar surface area (TPSA) is 55.5 Å². The predicted molar refractivity (Wildman–Crippen MR) is 54.7 cm³/mol. The maximum Gasteiger partial charge on any atom is 0.120 e. The third kappa shape index (κ3) is 2.43. The second-order valence-electron chi connectivity index (χ2n) is 2.64. The summed E-state index contributed by atoms with van der Waals surface area (Å²) < 4.78 is 5.83. The molecule has 3 nitrogen and oxygen atoms in total. The lowest BCUT2D eigenvalue weighted by molar-refractivity contribution is 0.186. The number of nitrogens with two attached hydrogens (primary N) is 1. The molecule has 0 fully saturated rings. The number of rotatable bonds is 3. The van der Waals surface area contributed by atoms with Crippen LogP contribution in [0.4, 0.5) is 0 Å². The van der Waals surface area contributed by atoms with Crippen LogP contribution in [0.2, 0.25) is 0 Å². The van der Waals surface area contributed by atoms with Crippen LogP contribution in [-0.4, -0.2) is 18.8 Å². The Morgan fingerprint density at radius 1 is 1.62 bits per heavy atom. The van der Waals surface area contributed by atoms with Crippen LogP contribution >= 0.6 is 15.9 Å². The maximum atomic E-state index is 9.48. The van der Waals surface area contributed by atoms with Gasteiger partial charge in [0, 0.05) is 11.0 Å². The SMILES string of the molecule is COc1ccc([C@@H](O)CN)c(Br)c1. The Hall–Kier alpha value is -0.580. The highest BCUT2D eigenvalue weighted by molar-refractivity contribution is 9.10. The van der Waals surface area contributed by atoms with Crippen LogP contribution < -0.4 is 10.5 Å². The predicted octanol–water partition coefficient (Wildman–Crippen LogP) is 1.45. The van der Waals surface area contributed by atoms with Crippen molar-refractivity contribution >= 4 is 15.9 Å². The second kappa shape index (κ2) is 4.60. The lowest BCUT2D eigenvalue weighted by atomic mass is 10.1. The van der Waals surface area contributed by atoms with Gasteiger partial charge in [-0.25, -0.2) is 0 Å². The summed E-state index contributed by atoms with van der Waals surface area (Å²) in [7, 11) is 1.60. The van der Waals surface area contributed by atoms with E-state index in [1.165, 1.54) is 0 Å². The van der Waals surface area contributed by atoms with Crippen LogP contribution in [0.5, 0.6) is 5.75 Å². The van der Waals surface area contributed by atoms with Crippen LogP contribution in [0.3, 0.4) is 0 Å². The minimum absolute atomic E-state index is 0.213. The number of aliphatic hydroxyl groups excluding tert-OH is 1. The van der Waals surface area contributed by atoms with Crippen molar-refractivity contribution < 1.29 is 9.84 Å². The number of hydrogen-bond donors (Lipinski definition) is 2. The van der Waals surface area contributed by atoms with E-state index in [1.807, 2.05) is 0 Å². The molecule has 72 valence electrons. The van der Waals surface area contributed by atoms with Crippen molar-refractivity contribution in [1.29, 1.82) is 0 Å².